The first-order valence-electron chi connectivity index (χ1n) is 10.9. The average molecular weight is 403 g/mol. The molecule has 1 aliphatic heterocycles. The Labute approximate surface area is 174 Å². The van der Waals surface area contributed by atoms with Crippen LogP contribution in [0.3, 0.4) is 0 Å². The number of methoxy groups -OCH3 is 1. The van der Waals surface area contributed by atoms with E-state index in [9.17, 15) is 4.79 Å². The van der Waals surface area contributed by atoms with Crippen LogP contribution in [0.25, 0.3) is 0 Å². The van der Waals surface area contributed by atoms with Crippen LogP contribution in [0.15, 0.2) is 18.2 Å². The van der Waals surface area contributed by atoms with Crippen molar-refractivity contribution < 1.29 is 23.7 Å². The van der Waals surface area contributed by atoms with E-state index in [1.165, 1.54) is 32.6 Å². The third kappa shape index (κ3) is 3.68. The zero-order valence-corrected chi connectivity index (χ0v) is 18.3. The number of carbonyl (C=O) groups is 1. The Kier molecular flexibility index (Phi) is 5.41. The molecule has 0 amide bonds. The molecule has 3 aliphatic rings. The highest BCUT2D eigenvalue weighted by Gasteiger charge is 2.56. The fourth-order valence-electron chi connectivity index (χ4n) is 6.39. The molecule has 2 aliphatic carbocycles. The van der Waals surface area contributed by atoms with E-state index in [0.29, 0.717) is 40.9 Å². The molecule has 0 spiro atoms. The molecule has 0 aromatic heterocycles. The molecule has 5 heteroatoms. The molecule has 29 heavy (non-hydrogen) atoms. The molecule has 0 bridgehead atoms. The number of benzene rings is 1. The first-order chi connectivity index (χ1) is 13.7. The van der Waals surface area contributed by atoms with E-state index in [2.05, 4.69) is 20.8 Å². The number of fused-ring (bicyclic) bond motifs is 3. The van der Waals surface area contributed by atoms with Gasteiger partial charge in [0.1, 0.15) is 11.5 Å². The van der Waals surface area contributed by atoms with Crippen LogP contribution >= 0.6 is 0 Å². The second-order valence-corrected chi connectivity index (χ2v) is 9.92. The van der Waals surface area contributed by atoms with E-state index in [0.717, 1.165) is 6.42 Å². The van der Waals surface area contributed by atoms with E-state index in [1.807, 2.05) is 6.07 Å². The average Bonchev–Trinajstić information content (AvgIpc) is 2.67. The molecular weight excluding hydrogens is 368 g/mol. The summed E-state index contributed by atoms with van der Waals surface area (Å²) >= 11 is 0. The maximum atomic E-state index is 11.6. The predicted molar refractivity (Wildman–Crippen MR) is 110 cm³/mol. The zero-order valence-electron chi connectivity index (χ0n) is 18.3. The molecule has 1 aromatic carbocycles. The number of rotatable bonds is 3. The third-order valence-electron chi connectivity index (χ3n) is 7.76. The van der Waals surface area contributed by atoms with Crippen LogP contribution in [-0.4, -0.2) is 25.8 Å². The Morgan fingerprint density at radius 1 is 1.17 bits per heavy atom. The molecule has 3 fully saturated rings. The van der Waals surface area contributed by atoms with Crippen molar-refractivity contribution in [2.45, 2.75) is 72.2 Å². The molecule has 1 aromatic rings. The smallest absolute Gasteiger partial charge is 0.308 e. The number of hydrogen-bond acceptors (Lipinski definition) is 5. The van der Waals surface area contributed by atoms with Crippen LogP contribution in [0.2, 0.25) is 0 Å². The quantitative estimate of drug-likeness (QED) is 0.509. The molecule has 2 saturated carbocycles. The SMILES string of the molecule is COc1ccc(OC(C)=O)c([C@H]2OC[C@H]3[C@@H](CCC4C(C)(C)CCC[C@@]43C)O2)c1. The summed E-state index contributed by atoms with van der Waals surface area (Å²) in [6, 6.07) is 5.38. The summed E-state index contributed by atoms with van der Waals surface area (Å²) in [5, 5.41) is 0. The third-order valence-corrected chi connectivity index (χ3v) is 7.76. The van der Waals surface area contributed by atoms with E-state index >= 15 is 0 Å². The minimum atomic E-state index is -0.544. The monoisotopic (exact) mass is 402 g/mol. The summed E-state index contributed by atoms with van der Waals surface area (Å²) in [6.07, 6.45) is 5.71. The van der Waals surface area contributed by atoms with Crippen LogP contribution in [0.4, 0.5) is 0 Å². The summed E-state index contributed by atoms with van der Waals surface area (Å²) in [5.74, 6) is 1.92. The van der Waals surface area contributed by atoms with Gasteiger partial charge < -0.3 is 18.9 Å². The Balaban J connectivity index is 1.58. The van der Waals surface area contributed by atoms with Gasteiger partial charge in [0.2, 0.25) is 0 Å². The van der Waals surface area contributed by atoms with Crippen LogP contribution in [-0.2, 0) is 14.3 Å². The maximum Gasteiger partial charge on any atom is 0.308 e. The molecule has 1 saturated heterocycles. The van der Waals surface area contributed by atoms with Crippen molar-refractivity contribution in [1.82, 2.24) is 0 Å². The van der Waals surface area contributed by atoms with Gasteiger partial charge in [-0.1, -0.05) is 27.2 Å². The van der Waals surface area contributed by atoms with Crippen LogP contribution in [0, 0.1) is 22.7 Å². The Morgan fingerprint density at radius 2 is 1.97 bits per heavy atom. The minimum absolute atomic E-state index is 0.167. The second kappa shape index (κ2) is 7.59. The summed E-state index contributed by atoms with van der Waals surface area (Å²) in [7, 11) is 1.62. The molecule has 0 radical (unpaired) electrons. The Morgan fingerprint density at radius 3 is 2.69 bits per heavy atom. The van der Waals surface area contributed by atoms with Crippen molar-refractivity contribution in [3.63, 3.8) is 0 Å². The first kappa shape index (κ1) is 20.7. The van der Waals surface area contributed by atoms with Crippen molar-refractivity contribution in [3.05, 3.63) is 23.8 Å². The molecule has 160 valence electrons. The fourth-order valence-corrected chi connectivity index (χ4v) is 6.39. The van der Waals surface area contributed by atoms with Crippen molar-refractivity contribution >= 4 is 5.97 Å². The number of esters is 1. The highest BCUT2D eigenvalue weighted by Crippen LogP contribution is 2.61. The standard InChI is InChI=1S/C24H34O5/c1-15(25)28-19-8-7-16(26-5)13-17(19)22-27-14-18-20(29-22)9-10-21-23(2,3)11-6-12-24(18,21)4/h7-8,13,18,20-22H,6,9-12,14H2,1-5H3/t18-,20+,21?,22-,24+/m0/s1. The lowest BCUT2D eigenvalue weighted by molar-refractivity contribution is -0.286. The van der Waals surface area contributed by atoms with Gasteiger partial charge in [-0.05, 0) is 60.6 Å². The minimum Gasteiger partial charge on any atom is -0.497 e. The largest absolute Gasteiger partial charge is 0.497 e. The summed E-state index contributed by atoms with van der Waals surface area (Å²) in [6.45, 7) is 9.40. The summed E-state index contributed by atoms with van der Waals surface area (Å²) < 4.78 is 23.6. The van der Waals surface area contributed by atoms with Gasteiger partial charge in [-0.25, -0.2) is 0 Å². The van der Waals surface area contributed by atoms with Crippen molar-refractivity contribution in [3.8, 4) is 11.5 Å². The molecule has 5 atom stereocenters. The highest BCUT2D eigenvalue weighted by molar-refractivity contribution is 5.70. The summed E-state index contributed by atoms with van der Waals surface area (Å²) in [5.41, 5.74) is 1.35. The predicted octanol–water partition coefficient (Wildman–Crippen LogP) is 5.28. The fraction of sp³-hybridized carbons (Fsp3) is 0.708. The number of ether oxygens (including phenoxy) is 4. The Hall–Kier alpha value is -1.59. The maximum absolute atomic E-state index is 11.6. The normalized spacial score (nSPS) is 35.9. The van der Waals surface area contributed by atoms with Gasteiger partial charge in [-0.2, -0.15) is 0 Å². The topological polar surface area (TPSA) is 54.0 Å². The van der Waals surface area contributed by atoms with Gasteiger partial charge in [0.05, 0.1) is 25.4 Å². The lowest BCUT2D eigenvalue weighted by Crippen LogP contribution is -2.57. The van der Waals surface area contributed by atoms with Crippen LogP contribution in [0.5, 0.6) is 11.5 Å². The molecular formula is C24H34O5. The molecule has 4 rings (SSSR count). The summed E-state index contributed by atoms with van der Waals surface area (Å²) in [4.78, 5) is 11.6. The van der Waals surface area contributed by atoms with Crippen LogP contribution < -0.4 is 9.47 Å². The lowest BCUT2D eigenvalue weighted by Gasteiger charge is -2.60. The first-order valence-corrected chi connectivity index (χ1v) is 10.9. The molecule has 5 nitrogen and oxygen atoms in total. The number of hydrogen-bond donors (Lipinski definition) is 0. The van der Waals surface area contributed by atoms with E-state index in [1.54, 1.807) is 19.2 Å². The van der Waals surface area contributed by atoms with Gasteiger partial charge in [0.25, 0.3) is 0 Å². The zero-order chi connectivity index (χ0) is 20.8. The second-order valence-electron chi connectivity index (χ2n) is 9.92. The van der Waals surface area contributed by atoms with Crippen molar-refractivity contribution in [2.75, 3.05) is 13.7 Å². The van der Waals surface area contributed by atoms with Crippen molar-refractivity contribution in [1.29, 1.82) is 0 Å². The van der Waals surface area contributed by atoms with E-state index in [-0.39, 0.29) is 17.5 Å². The number of carbonyl (C=O) groups excluding carboxylic acids is 1. The Bertz CT molecular complexity index is 773. The molecule has 1 heterocycles. The highest BCUT2D eigenvalue weighted by atomic mass is 16.7. The van der Waals surface area contributed by atoms with Gasteiger partial charge in [-0.3, -0.25) is 4.79 Å². The van der Waals surface area contributed by atoms with E-state index in [4.69, 9.17) is 18.9 Å². The van der Waals surface area contributed by atoms with Gasteiger partial charge in [0.15, 0.2) is 6.29 Å². The molecule has 1 unspecified atom stereocenters. The van der Waals surface area contributed by atoms with Crippen LogP contribution in [0.1, 0.15) is 71.7 Å². The van der Waals surface area contributed by atoms with E-state index < -0.39 is 6.29 Å². The van der Waals surface area contributed by atoms with Crippen molar-refractivity contribution in [2.24, 2.45) is 22.7 Å². The lowest BCUT2D eigenvalue weighted by atomic mass is 9.48. The molecule has 0 N–H and O–H groups in total. The van der Waals surface area contributed by atoms with Gasteiger partial charge in [-0.15, -0.1) is 0 Å². The van der Waals surface area contributed by atoms with Gasteiger partial charge >= 0.3 is 5.97 Å². The van der Waals surface area contributed by atoms with Gasteiger partial charge in [0, 0.05) is 12.8 Å².